The highest BCUT2D eigenvalue weighted by molar-refractivity contribution is 5.84. The van der Waals surface area contributed by atoms with E-state index in [9.17, 15) is 4.79 Å². The Bertz CT molecular complexity index is 326. The molecule has 0 spiro atoms. The lowest BCUT2D eigenvalue weighted by Gasteiger charge is -2.40. The molecule has 1 unspecified atom stereocenters. The monoisotopic (exact) mass is 252 g/mol. The van der Waals surface area contributed by atoms with Crippen molar-refractivity contribution in [3.63, 3.8) is 0 Å². The quantitative estimate of drug-likeness (QED) is 0.834. The van der Waals surface area contributed by atoms with E-state index in [4.69, 9.17) is 0 Å². The number of carbonyl (C=O) groups excluding carboxylic acids is 1. The number of likely N-dealkylation sites (tertiary alicyclic amines) is 1. The van der Waals surface area contributed by atoms with E-state index in [2.05, 4.69) is 44.8 Å². The SMILES string of the molecule is CC(C)(C)CC(C)(C)N1CCC(NC2CC2)C1=O. The van der Waals surface area contributed by atoms with E-state index in [0.29, 0.717) is 11.9 Å². The summed E-state index contributed by atoms with van der Waals surface area (Å²) in [6.07, 6.45) is 4.51. The summed E-state index contributed by atoms with van der Waals surface area (Å²) < 4.78 is 0. The van der Waals surface area contributed by atoms with Crippen LogP contribution in [0.2, 0.25) is 0 Å². The Morgan fingerprint density at radius 3 is 2.28 bits per heavy atom. The molecule has 0 aromatic carbocycles. The molecule has 0 aromatic rings. The smallest absolute Gasteiger partial charge is 0.240 e. The number of nitrogens with zero attached hydrogens (tertiary/aromatic N) is 1. The average molecular weight is 252 g/mol. The van der Waals surface area contributed by atoms with E-state index in [0.717, 1.165) is 19.4 Å². The molecule has 1 heterocycles. The summed E-state index contributed by atoms with van der Waals surface area (Å²) in [7, 11) is 0. The van der Waals surface area contributed by atoms with Crippen LogP contribution >= 0.6 is 0 Å². The van der Waals surface area contributed by atoms with Gasteiger partial charge in [0.1, 0.15) is 0 Å². The molecule has 1 aliphatic heterocycles. The van der Waals surface area contributed by atoms with Gasteiger partial charge in [-0.05, 0) is 44.9 Å². The molecular weight excluding hydrogens is 224 g/mol. The Kier molecular flexibility index (Phi) is 3.48. The summed E-state index contributed by atoms with van der Waals surface area (Å²) in [5.41, 5.74) is 0.223. The molecule has 0 bridgehead atoms. The van der Waals surface area contributed by atoms with Crippen molar-refractivity contribution in [2.24, 2.45) is 5.41 Å². The Balaban J connectivity index is 1.98. The topological polar surface area (TPSA) is 32.3 Å². The predicted molar refractivity (Wildman–Crippen MR) is 74.4 cm³/mol. The van der Waals surface area contributed by atoms with Gasteiger partial charge in [0.15, 0.2) is 0 Å². The van der Waals surface area contributed by atoms with Crippen molar-refractivity contribution in [2.75, 3.05) is 6.54 Å². The Labute approximate surface area is 111 Å². The highest BCUT2D eigenvalue weighted by Crippen LogP contribution is 2.34. The highest BCUT2D eigenvalue weighted by atomic mass is 16.2. The van der Waals surface area contributed by atoms with Gasteiger partial charge in [-0.15, -0.1) is 0 Å². The fourth-order valence-corrected chi connectivity index (χ4v) is 3.36. The van der Waals surface area contributed by atoms with Crippen molar-refractivity contribution in [3.05, 3.63) is 0 Å². The van der Waals surface area contributed by atoms with Crippen molar-refractivity contribution in [2.45, 2.75) is 77.9 Å². The maximum Gasteiger partial charge on any atom is 0.240 e. The summed E-state index contributed by atoms with van der Waals surface area (Å²) in [6, 6.07) is 0.696. The lowest BCUT2D eigenvalue weighted by atomic mass is 9.81. The highest BCUT2D eigenvalue weighted by Gasteiger charge is 2.42. The number of nitrogens with one attached hydrogen (secondary N) is 1. The summed E-state index contributed by atoms with van der Waals surface area (Å²) in [5.74, 6) is 0.316. The molecular formula is C15H28N2O. The van der Waals surface area contributed by atoms with Gasteiger partial charge in [-0.2, -0.15) is 0 Å². The minimum atomic E-state index is -0.0324. The zero-order chi connectivity index (χ0) is 13.6. The zero-order valence-electron chi connectivity index (χ0n) is 12.5. The Morgan fingerprint density at radius 2 is 1.78 bits per heavy atom. The molecule has 1 saturated heterocycles. The third-order valence-electron chi connectivity index (χ3n) is 3.91. The third kappa shape index (κ3) is 3.25. The van der Waals surface area contributed by atoms with Gasteiger partial charge in [0.25, 0.3) is 0 Å². The first-order chi connectivity index (χ1) is 8.19. The van der Waals surface area contributed by atoms with E-state index in [-0.39, 0.29) is 17.0 Å². The van der Waals surface area contributed by atoms with Crippen LogP contribution in [0.25, 0.3) is 0 Å². The standard InChI is InChI=1S/C15H28N2O/c1-14(2,3)10-15(4,5)17-9-8-12(13(17)18)16-11-6-7-11/h11-12,16H,6-10H2,1-5H3. The predicted octanol–water partition coefficient (Wildman–Crippen LogP) is 2.55. The first-order valence-electron chi connectivity index (χ1n) is 7.27. The van der Waals surface area contributed by atoms with Crippen molar-refractivity contribution in [1.29, 1.82) is 0 Å². The number of amides is 1. The average Bonchev–Trinajstić information content (AvgIpc) is 2.88. The molecule has 0 radical (unpaired) electrons. The molecule has 1 atom stereocenters. The lowest BCUT2D eigenvalue weighted by molar-refractivity contribution is -0.134. The second-order valence-corrected chi connectivity index (χ2v) is 7.82. The molecule has 3 nitrogen and oxygen atoms in total. The number of hydrogen-bond acceptors (Lipinski definition) is 2. The first kappa shape index (κ1) is 13.9. The van der Waals surface area contributed by atoms with Crippen molar-refractivity contribution < 1.29 is 4.79 Å². The number of hydrogen-bond donors (Lipinski definition) is 1. The van der Waals surface area contributed by atoms with Crippen molar-refractivity contribution >= 4 is 5.91 Å². The van der Waals surface area contributed by atoms with E-state index in [1.807, 2.05) is 0 Å². The maximum atomic E-state index is 12.5. The van der Waals surface area contributed by atoms with Gasteiger partial charge in [0.2, 0.25) is 5.91 Å². The largest absolute Gasteiger partial charge is 0.336 e. The molecule has 2 aliphatic rings. The van der Waals surface area contributed by atoms with Crippen LogP contribution in [0.15, 0.2) is 0 Å². The minimum absolute atomic E-state index is 0.0324. The summed E-state index contributed by atoms with van der Waals surface area (Å²) >= 11 is 0. The van der Waals surface area contributed by atoms with Gasteiger partial charge in [0, 0.05) is 18.1 Å². The van der Waals surface area contributed by atoms with Crippen LogP contribution in [0, 0.1) is 5.41 Å². The molecule has 1 saturated carbocycles. The molecule has 0 aromatic heterocycles. The van der Waals surface area contributed by atoms with E-state index < -0.39 is 0 Å². The van der Waals surface area contributed by atoms with Crippen LogP contribution in [0.5, 0.6) is 0 Å². The van der Waals surface area contributed by atoms with Gasteiger partial charge >= 0.3 is 0 Å². The molecule has 1 N–H and O–H groups in total. The fraction of sp³-hybridized carbons (Fsp3) is 0.933. The second kappa shape index (κ2) is 4.52. The van der Waals surface area contributed by atoms with Gasteiger partial charge in [-0.1, -0.05) is 20.8 Å². The van der Waals surface area contributed by atoms with Gasteiger partial charge < -0.3 is 10.2 Å². The number of carbonyl (C=O) groups is 1. The van der Waals surface area contributed by atoms with Crippen molar-refractivity contribution in [3.8, 4) is 0 Å². The molecule has 2 rings (SSSR count). The van der Waals surface area contributed by atoms with Gasteiger partial charge in [0.05, 0.1) is 6.04 Å². The Hall–Kier alpha value is -0.570. The second-order valence-electron chi connectivity index (χ2n) is 7.82. The molecule has 1 aliphatic carbocycles. The molecule has 2 fully saturated rings. The first-order valence-corrected chi connectivity index (χ1v) is 7.27. The molecule has 18 heavy (non-hydrogen) atoms. The fourth-order valence-electron chi connectivity index (χ4n) is 3.36. The van der Waals surface area contributed by atoms with Crippen molar-refractivity contribution in [1.82, 2.24) is 10.2 Å². The van der Waals surface area contributed by atoms with E-state index >= 15 is 0 Å². The maximum absolute atomic E-state index is 12.5. The third-order valence-corrected chi connectivity index (χ3v) is 3.91. The van der Waals surface area contributed by atoms with Crippen LogP contribution in [-0.4, -0.2) is 35.0 Å². The summed E-state index contributed by atoms with van der Waals surface area (Å²) in [6.45, 7) is 12.1. The number of rotatable bonds is 4. The molecule has 3 heteroatoms. The lowest BCUT2D eigenvalue weighted by Crippen LogP contribution is -2.50. The summed E-state index contributed by atoms with van der Waals surface area (Å²) in [4.78, 5) is 14.6. The molecule has 104 valence electrons. The Morgan fingerprint density at radius 1 is 1.17 bits per heavy atom. The van der Waals surface area contributed by atoms with Crippen LogP contribution in [0.4, 0.5) is 0 Å². The van der Waals surface area contributed by atoms with E-state index in [1.165, 1.54) is 12.8 Å². The van der Waals surface area contributed by atoms with E-state index in [1.54, 1.807) is 0 Å². The minimum Gasteiger partial charge on any atom is -0.336 e. The zero-order valence-corrected chi connectivity index (χ0v) is 12.5. The normalized spacial score (nSPS) is 25.9. The van der Waals surface area contributed by atoms with Crippen LogP contribution in [0.1, 0.15) is 60.3 Å². The van der Waals surface area contributed by atoms with Crippen LogP contribution < -0.4 is 5.32 Å². The summed E-state index contributed by atoms with van der Waals surface area (Å²) in [5, 5.41) is 3.48. The van der Waals surface area contributed by atoms with Crippen LogP contribution in [-0.2, 0) is 4.79 Å². The van der Waals surface area contributed by atoms with Gasteiger partial charge in [-0.25, -0.2) is 0 Å². The molecule has 1 amide bonds. The van der Waals surface area contributed by atoms with Gasteiger partial charge in [-0.3, -0.25) is 4.79 Å². The van der Waals surface area contributed by atoms with Crippen LogP contribution in [0.3, 0.4) is 0 Å².